The maximum absolute atomic E-state index is 15.4. The Morgan fingerprint density at radius 1 is 0.689 bits per heavy atom. The van der Waals surface area contributed by atoms with E-state index in [1.165, 1.54) is 30.9 Å². The van der Waals surface area contributed by atoms with Crippen molar-refractivity contribution in [2.24, 2.45) is 16.9 Å². The van der Waals surface area contributed by atoms with Crippen LogP contribution in [0.25, 0.3) is 11.1 Å². The van der Waals surface area contributed by atoms with Gasteiger partial charge >= 0.3 is 18.1 Å². The molecule has 1 aliphatic rings. The second kappa shape index (κ2) is 35.8. The Morgan fingerprint density at radius 2 is 1.31 bits per heavy atom. The highest BCUT2D eigenvalue weighted by molar-refractivity contribution is 6.12. The van der Waals surface area contributed by atoms with E-state index in [1.807, 2.05) is 30.3 Å². The van der Waals surface area contributed by atoms with Crippen molar-refractivity contribution in [3.63, 3.8) is 0 Å². The fraction of sp³-hybridized carbons (Fsp3) is 0.492. The Kier molecular flexibility index (Phi) is 29.8. The fourth-order valence-corrected chi connectivity index (χ4v) is 9.11. The normalized spacial score (nSPS) is 14.1. The number of nitrogens with two attached hydrogens (primary N) is 2. The molecule has 10 amide bonds. The average Bonchev–Trinajstić information content (AvgIpc) is 1.77. The van der Waals surface area contributed by atoms with Gasteiger partial charge in [0.2, 0.25) is 47.3 Å². The van der Waals surface area contributed by atoms with Crippen LogP contribution in [-0.4, -0.2) is 170 Å². The van der Waals surface area contributed by atoms with Gasteiger partial charge in [0, 0.05) is 80.7 Å². The molecule has 0 radical (unpaired) electrons. The Morgan fingerprint density at radius 3 is 1.90 bits per heavy atom. The van der Waals surface area contributed by atoms with Crippen LogP contribution in [0.3, 0.4) is 0 Å². The van der Waals surface area contributed by atoms with E-state index >= 15 is 4.39 Å². The molecule has 0 saturated heterocycles. The molecule has 0 spiro atoms. The number of hydrogen-bond acceptors (Lipinski definition) is 14. The molecule has 3 aromatic rings. The number of aliphatic carboxylic acids is 2. The van der Waals surface area contributed by atoms with E-state index < -0.39 is 144 Å². The number of hydrogen-bond donors (Lipinski definition) is 11. The van der Waals surface area contributed by atoms with Crippen molar-refractivity contribution >= 4 is 71.0 Å². The topological polar surface area (TPSA) is 401 Å². The quantitative estimate of drug-likeness (QED) is 0.0231. The van der Waals surface area contributed by atoms with Crippen LogP contribution in [0.1, 0.15) is 116 Å². The second-order valence-corrected chi connectivity index (χ2v) is 22.1. The third-order valence-electron chi connectivity index (χ3n) is 13.8. The van der Waals surface area contributed by atoms with Crippen LogP contribution < -0.4 is 43.4 Å². The van der Waals surface area contributed by atoms with E-state index in [4.69, 9.17) is 26.5 Å². The van der Waals surface area contributed by atoms with Crippen molar-refractivity contribution in [3.05, 3.63) is 95.8 Å². The minimum absolute atomic E-state index is 0.0238. The molecule has 90 heavy (non-hydrogen) atoms. The number of aliphatic hydroxyl groups excluding tert-OH is 1. The molecule has 31 heteroatoms. The number of nitrogens with zero attached hydrogens (tertiary/aromatic N) is 3. The van der Waals surface area contributed by atoms with Gasteiger partial charge in [0.1, 0.15) is 48.5 Å². The number of nitrogens with one attached hydrogen (secondary N) is 6. The van der Waals surface area contributed by atoms with Gasteiger partial charge in [0.25, 0.3) is 11.8 Å². The number of primary amides is 1. The zero-order chi connectivity index (χ0) is 67.6. The summed E-state index contributed by atoms with van der Waals surface area (Å²) in [6.07, 6.45) is -0.138. The Bertz CT molecular complexity index is 3050. The molecule has 4 rings (SSSR count). The Labute approximate surface area is 515 Å². The molecule has 0 aliphatic carbocycles. The molecule has 0 fully saturated rings. The molecule has 494 valence electrons. The predicted octanol–water partition coefficient (Wildman–Crippen LogP) is 1.96. The number of halogens is 5. The number of aliphatic hydroxyl groups is 1. The highest BCUT2D eigenvalue weighted by Gasteiger charge is 2.40. The minimum atomic E-state index is -5.08. The van der Waals surface area contributed by atoms with E-state index in [-0.39, 0.29) is 69.5 Å². The first kappa shape index (κ1) is 75.1. The first-order chi connectivity index (χ1) is 42.1. The van der Waals surface area contributed by atoms with Crippen molar-refractivity contribution in [2.75, 3.05) is 32.8 Å². The second-order valence-electron chi connectivity index (χ2n) is 22.1. The van der Waals surface area contributed by atoms with Crippen molar-refractivity contribution in [3.8, 4) is 11.1 Å². The maximum atomic E-state index is 15.4. The molecule has 2 heterocycles. The summed E-state index contributed by atoms with van der Waals surface area (Å²) in [5.74, 6) is -12.7. The van der Waals surface area contributed by atoms with E-state index in [0.29, 0.717) is 37.8 Å². The van der Waals surface area contributed by atoms with Gasteiger partial charge in [-0.05, 0) is 87.6 Å². The van der Waals surface area contributed by atoms with E-state index in [9.17, 15) is 75.4 Å². The van der Waals surface area contributed by atoms with E-state index in [1.54, 1.807) is 37.6 Å². The van der Waals surface area contributed by atoms with Crippen LogP contribution >= 0.6 is 0 Å². The number of amides is 10. The summed E-state index contributed by atoms with van der Waals surface area (Å²) in [7, 11) is 0. The van der Waals surface area contributed by atoms with Gasteiger partial charge in [-0.1, -0.05) is 57.5 Å². The highest BCUT2D eigenvalue weighted by atomic mass is 19.4. The number of unbranched alkanes of at least 4 members (excludes halogenated alkanes) is 3. The SMILES string of the molecule is C[C@H](NC(=O)CCCCCN1C(=O)C=CC1=O)C(=O)N[C@@H](C)C(=O)N[C@@H](CC(=O)N[C@@H](CCN(C(=O)CO)[C@@H](c1cc(-c2cc(F)ccc2F)cn1Cc1ccccc1)C(C)(C)C)C(=O)NCCC(=O)NCCCC[C@H](N)C(=O)O)C(N)=O.O=C(O)C(F)(F)F. The molecular formula is C59H78F5N11O15. The summed E-state index contributed by atoms with van der Waals surface area (Å²) in [6, 6.07) is 6.05. The van der Waals surface area contributed by atoms with E-state index in [2.05, 4.69) is 31.9 Å². The van der Waals surface area contributed by atoms with Crippen LogP contribution in [0.4, 0.5) is 22.0 Å². The first-order valence-electron chi connectivity index (χ1n) is 28.6. The van der Waals surface area contributed by atoms with Crippen molar-refractivity contribution in [1.82, 2.24) is 46.3 Å². The number of alkyl halides is 3. The third-order valence-corrected chi connectivity index (χ3v) is 13.8. The molecule has 2 aromatic carbocycles. The summed E-state index contributed by atoms with van der Waals surface area (Å²) in [5.41, 5.74) is 11.7. The van der Waals surface area contributed by atoms with Crippen molar-refractivity contribution in [2.45, 2.75) is 148 Å². The average molecular weight is 1280 g/mol. The lowest BCUT2D eigenvalue weighted by Crippen LogP contribution is -2.56. The summed E-state index contributed by atoms with van der Waals surface area (Å²) in [6.45, 7) is 7.03. The van der Waals surface area contributed by atoms with Gasteiger partial charge in [-0.15, -0.1) is 0 Å². The van der Waals surface area contributed by atoms with Gasteiger partial charge < -0.3 is 68.2 Å². The first-order valence-corrected chi connectivity index (χ1v) is 28.6. The van der Waals surface area contributed by atoms with Crippen LogP contribution in [0, 0.1) is 17.0 Å². The molecule has 0 unspecified atom stereocenters. The van der Waals surface area contributed by atoms with Crippen LogP contribution in [-0.2, 0) is 64.1 Å². The zero-order valence-corrected chi connectivity index (χ0v) is 50.3. The van der Waals surface area contributed by atoms with Gasteiger partial charge in [0.15, 0.2) is 0 Å². The van der Waals surface area contributed by atoms with Gasteiger partial charge in [-0.2, -0.15) is 13.2 Å². The molecule has 13 N–H and O–H groups in total. The summed E-state index contributed by atoms with van der Waals surface area (Å²) in [4.78, 5) is 152. The number of carboxylic acids is 2. The molecular weight excluding hydrogens is 1200 g/mol. The Hall–Kier alpha value is -9.13. The lowest BCUT2D eigenvalue weighted by Gasteiger charge is -2.41. The maximum Gasteiger partial charge on any atom is 0.490 e. The minimum Gasteiger partial charge on any atom is -0.480 e. The van der Waals surface area contributed by atoms with Gasteiger partial charge in [-0.3, -0.25) is 57.6 Å². The Balaban J connectivity index is 0.00000284. The smallest absolute Gasteiger partial charge is 0.480 e. The lowest BCUT2D eigenvalue weighted by molar-refractivity contribution is -0.192. The monoisotopic (exact) mass is 1280 g/mol. The number of aromatic nitrogens is 1. The fourth-order valence-electron chi connectivity index (χ4n) is 9.11. The van der Waals surface area contributed by atoms with Crippen LogP contribution in [0.5, 0.6) is 0 Å². The summed E-state index contributed by atoms with van der Waals surface area (Å²) >= 11 is 0. The third kappa shape index (κ3) is 25.2. The number of benzene rings is 2. The van der Waals surface area contributed by atoms with Crippen LogP contribution in [0.15, 0.2) is 72.9 Å². The highest BCUT2D eigenvalue weighted by Crippen LogP contribution is 2.41. The number of carbonyl (C=O) groups excluding carboxylic acids is 10. The standard InChI is InChI=1S/C57H77F2N11O13.C2HF3O2/c1-34(64-46(73)17-10-7-13-26-69-48(75)20-21-49(69)76)53(79)65-35(2)54(80)67-43(52(61)78)30-47(74)66-42(55(81)63-25-22-45(72)62-24-12-11-16-41(60)56(82)83)23-27-70(50(77)33-71)51(57(3,4)5)44-28-37(39-29-38(58)18-19-40(39)59)32-68(44)31-36-14-8-6-9-15-36;3-2(4,5)1(6)7/h6,8-9,14-15,18-21,28-29,32,34-35,41-43,51,71H,7,10-13,16-17,22-27,30-31,33,60H2,1-5H3,(H2,61,78)(H,62,72)(H,63,81)(H,64,73)(H,65,79)(H,66,74)(H,67,80)(H,82,83);(H,6,7)/t34-,35-,41-,42-,43-,51-;/m0./s1. The van der Waals surface area contributed by atoms with Crippen molar-refractivity contribution < 1.29 is 94.8 Å². The van der Waals surface area contributed by atoms with E-state index in [0.717, 1.165) is 28.7 Å². The number of carbonyl (C=O) groups is 12. The molecule has 0 bridgehead atoms. The summed E-state index contributed by atoms with van der Waals surface area (Å²) < 4.78 is 63.5. The zero-order valence-electron chi connectivity index (χ0n) is 50.3. The number of imide groups is 1. The number of carboxylic acid groups (broad SMARTS) is 2. The molecule has 0 saturated carbocycles. The predicted molar refractivity (Wildman–Crippen MR) is 312 cm³/mol. The molecule has 6 atom stereocenters. The molecule has 1 aliphatic heterocycles. The lowest BCUT2D eigenvalue weighted by atomic mass is 9.82. The largest absolute Gasteiger partial charge is 0.490 e. The molecule has 26 nitrogen and oxygen atoms in total. The van der Waals surface area contributed by atoms with Crippen LogP contribution in [0.2, 0.25) is 0 Å². The molecule has 1 aromatic heterocycles. The van der Waals surface area contributed by atoms with Gasteiger partial charge in [0.05, 0.1) is 12.5 Å². The summed E-state index contributed by atoms with van der Waals surface area (Å²) in [5, 5.41) is 41.6. The van der Waals surface area contributed by atoms with Gasteiger partial charge in [-0.25, -0.2) is 13.6 Å². The number of rotatable bonds is 34. The van der Waals surface area contributed by atoms with Crippen molar-refractivity contribution in [1.29, 1.82) is 0 Å².